The minimum Gasteiger partial charge on any atom is -0.378 e. The molecule has 1 N–H and O–H groups in total. The van der Waals surface area contributed by atoms with Crippen LogP contribution < -0.4 is 5.32 Å². The van der Waals surface area contributed by atoms with E-state index in [1.54, 1.807) is 7.11 Å². The molecule has 1 aliphatic heterocycles. The number of hydrogen-bond acceptors (Lipinski definition) is 4. The average molecular weight is 196 g/mol. The number of hydrogen-bond donors (Lipinski definition) is 1. The molecule has 1 aromatic heterocycles. The molecule has 1 atom stereocenters. The van der Waals surface area contributed by atoms with Gasteiger partial charge in [-0.05, 0) is 19.4 Å². The van der Waals surface area contributed by atoms with Crippen LogP contribution in [0.1, 0.15) is 24.6 Å². The van der Waals surface area contributed by atoms with Gasteiger partial charge in [-0.1, -0.05) is 5.21 Å². The predicted octanol–water partition coefficient (Wildman–Crippen LogP) is 0.349. The van der Waals surface area contributed by atoms with Gasteiger partial charge in [0.2, 0.25) is 0 Å². The first-order chi connectivity index (χ1) is 6.90. The van der Waals surface area contributed by atoms with Gasteiger partial charge < -0.3 is 10.1 Å². The van der Waals surface area contributed by atoms with Crippen LogP contribution in [0.4, 0.5) is 0 Å². The van der Waals surface area contributed by atoms with Crippen molar-refractivity contribution in [1.29, 1.82) is 0 Å². The molecule has 0 radical (unpaired) electrons. The molecule has 5 heteroatoms. The second-order valence-corrected chi connectivity index (χ2v) is 3.62. The monoisotopic (exact) mass is 196 g/mol. The summed E-state index contributed by atoms with van der Waals surface area (Å²) in [5.74, 6) is 0. The van der Waals surface area contributed by atoms with Crippen LogP contribution in [0.2, 0.25) is 0 Å². The zero-order valence-corrected chi connectivity index (χ0v) is 8.44. The molecule has 0 aromatic carbocycles. The summed E-state index contributed by atoms with van der Waals surface area (Å²) in [4.78, 5) is 0. The highest BCUT2D eigenvalue weighted by atomic mass is 16.5. The highest BCUT2D eigenvalue weighted by Gasteiger charge is 2.15. The Morgan fingerprint density at radius 3 is 3.36 bits per heavy atom. The lowest BCUT2D eigenvalue weighted by atomic mass is 10.1. The number of rotatable bonds is 3. The van der Waals surface area contributed by atoms with E-state index in [9.17, 15) is 0 Å². The van der Waals surface area contributed by atoms with Crippen molar-refractivity contribution in [1.82, 2.24) is 20.3 Å². The third kappa shape index (κ3) is 2.10. The minimum absolute atomic E-state index is 0.460. The van der Waals surface area contributed by atoms with Crippen LogP contribution in [-0.4, -0.2) is 35.2 Å². The SMILES string of the molecule is COCc1cn([C@@H]2CCCNC2)nn1. The maximum Gasteiger partial charge on any atom is 0.108 e. The second kappa shape index (κ2) is 4.52. The summed E-state index contributed by atoms with van der Waals surface area (Å²) in [6.45, 7) is 2.66. The van der Waals surface area contributed by atoms with E-state index < -0.39 is 0 Å². The molecule has 0 aliphatic carbocycles. The van der Waals surface area contributed by atoms with Gasteiger partial charge in [0.25, 0.3) is 0 Å². The van der Waals surface area contributed by atoms with E-state index in [0.29, 0.717) is 12.6 Å². The van der Waals surface area contributed by atoms with Crippen molar-refractivity contribution in [3.63, 3.8) is 0 Å². The Bertz CT molecular complexity index is 280. The second-order valence-electron chi connectivity index (χ2n) is 3.62. The molecule has 0 saturated carbocycles. The Balaban J connectivity index is 2.00. The fourth-order valence-corrected chi connectivity index (χ4v) is 1.77. The molecular weight excluding hydrogens is 180 g/mol. The van der Waals surface area contributed by atoms with E-state index in [4.69, 9.17) is 4.74 Å². The molecule has 0 bridgehead atoms. The van der Waals surface area contributed by atoms with Crippen molar-refractivity contribution >= 4 is 0 Å². The smallest absolute Gasteiger partial charge is 0.108 e. The van der Waals surface area contributed by atoms with E-state index in [0.717, 1.165) is 18.8 Å². The molecule has 5 nitrogen and oxygen atoms in total. The first kappa shape index (κ1) is 9.61. The molecule has 0 unspecified atom stereocenters. The summed E-state index contributed by atoms with van der Waals surface area (Å²) in [6, 6.07) is 0.460. The van der Waals surface area contributed by atoms with Crippen LogP contribution in [0.15, 0.2) is 6.20 Å². The Morgan fingerprint density at radius 2 is 2.64 bits per heavy atom. The number of nitrogens with one attached hydrogen (secondary N) is 1. The number of piperidine rings is 1. The fraction of sp³-hybridized carbons (Fsp3) is 0.778. The van der Waals surface area contributed by atoms with Gasteiger partial charge >= 0.3 is 0 Å². The molecule has 1 saturated heterocycles. The van der Waals surface area contributed by atoms with Crippen molar-refractivity contribution in [2.75, 3.05) is 20.2 Å². The maximum atomic E-state index is 5.00. The summed E-state index contributed by atoms with van der Waals surface area (Å²) >= 11 is 0. The summed E-state index contributed by atoms with van der Waals surface area (Å²) in [5, 5.41) is 11.5. The maximum absolute atomic E-state index is 5.00. The average Bonchev–Trinajstić information content (AvgIpc) is 2.68. The van der Waals surface area contributed by atoms with Gasteiger partial charge in [-0.15, -0.1) is 5.10 Å². The highest BCUT2D eigenvalue weighted by Crippen LogP contribution is 2.15. The zero-order chi connectivity index (χ0) is 9.80. The van der Waals surface area contributed by atoms with E-state index in [1.165, 1.54) is 12.8 Å². The van der Waals surface area contributed by atoms with Gasteiger partial charge in [-0.3, -0.25) is 0 Å². The van der Waals surface area contributed by atoms with Crippen LogP contribution in [0.5, 0.6) is 0 Å². The van der Waals surface area contributed by atoms with Gasteiger partial charge in [0.1, 0.15) is 5.69 Å². The number of ether oxygens (including phenoxy) is 1. The Labute approximate surface area is 83.4 Å². The third-order valence-electron chi connectivity index (χ3n) is 2.49. The summed E-state index contributed by atoms with van der Waals surface area (Å²) in [7, 11) is 1.67. The molecule has 0 amide bonds. The molecule has 2 rings (SSSR count). The largest absolute Gasteiger partial charge is 0.378 e. The van der Waals surface area contributed by atoms with Crippen LogP contribution in [-0.2, 0) is 11.3 Å². The van der Waals surface area contributed by atoms with E-state index in [1.807, 2.05) is 10.9 Å². The van der Waals surface area contributed by atoms with Gasteiger partial charge in [0, 0.05) is 13.7 Å². The number of aromatic nitrogens is 3. The van der Waals surface area contributed by atoms with Gasteiger partial charge in [-0.25, -0.2) is 4.68 Å². The number of nitrogens with zero attached hydrogens (tertiary/aromatic N) is 3. The standard InChI is InChI=1S/C9H16N4O/c1-14-7-8-6-13(12-11-8)9-3-2-4-10-5-9/h6,9-10H,2-5,7H2,1H3/t9-/m1/s1. The van der Waals surface area contributed by atoms with Crippen LogP contribution in [0, 0.1) is 0 Å². The first-order valence-electron chi connectivity index (χ1n) is 5.00. The lowest BCUT2D eigenvalue weighted by Crippen LogP contribution is -2.31. The third-order valence-corrected chi connectivity index (χ3v) is 2.49. The molecule has 0 spiro atoms. The molecule has 78 valence electrons. The Kier molecular flexibility index (Phi) is 3.10. The minimum atomic E-state index is 0.460. The fourth-order valence-electron chi connectivity index (χ4n) is 1.77. The van der Waals surface area contributed by atoms with Crippen molar-refractivity contribution in [2.45, 2.75) is 25.5 Å². The van der Waals surface area contributed by atoms with Gasteiger partial charge in [-0.2, -0.15) is 0 Å². The van der Waals surface area contributed by atoms with E-state index >= 15 is 0 Å². The summed E-state index contributed by atoms with van der Waals surface area (Å²) in [5.41, 5.74) is 0.901. The lowest BCUT2D eigenvalue weighted by molar-refractivity contribution is 0.181. The first-order valence-corrected chi connectivity index (χ1v) is 5.00. The van der Waals surface area contributed by atoms with Crippen molar-refractivity contribution in [3.05, 3.63) is 11.9 Å². The number of methoxy groups -OCH3 is 1. The van der Waals surface area contributed by atoms with Crippen molar-refractivity contribution in [3.8, 4) is 0 Å². The molecule has 1 fully saturated rings. The van der Waals surface area contributed by atoms with Crippen LogP contribution in [0.25, 0.3) is 0 Å². The Morgan fingerprint density at radius 1 is 1.71 bits per heavy atom. The van der Waals surface area contributed by atoms with E-state index in [2.05, 4.69) is 15.6 Å². The zero-order valence-electron chi connectivity index (χ0n) is 8.44. The van der Waals surface area contributed by atoms with Crippen LogP contribution >= 0.6 is 0 Å². The van der Waals surface area contributed by atoms with Crippen LogP contribution in [0.3, 0.4) is 0 Å². The predicted molar refractivity (Wildman–Crippen MR) is 51.9 cm³/mol. The van der Waals surface area contributed by atoms with E-state index in [-0.39, 0.29) is 0 Å². The molecule has 14 heavy (non-hydrogen) atoms. The van der Waals surface area contributed by atoms with Crippen molar-refractivity contribution in [2.24, 2.45) is 0 Å². The molecule has 1 aliphatic rings. The lowest BCUT2D eigenvalue weighted by Gasteiger charge is -2.22. The molecule has 2 heterocycles. The molecular formula is C9H16N4O. The van der Waals surface area contributed by atoms with Crippen molar-refractivity contribution < 1.29 is 4.74 Å². The normalized spacial score (nSPS) is 22.5. The Hall–Kier alpha value is -0.940. The topological polar surface area (TPSA) is 52.0 Å². The van der Waals surface area contributed by atoms with Gasteiger partial charge in [0.05, 0.1) is 18.8 Å². The quantitative estimate of drug-likeness (QED) is 0.758. The summed E-state index contributed by atoms with van der Waals surface area (Å²) in [6.07, 6.45) is 4.37. The summed E-state index contributed by atoms with van der Waals surface area (Å²) < 4.78 is 6.94. The molecule has 1 aromatic rings. The van der Waals surface area contributed by atoms with Gasteiger partial charge in [0.15, 0.2) is 0 Å². The highest BCUT2D eigenvalue weighted by molar-refractivity contribution is 4.92.